The smallest absolute Gasteiger partial charge is 0.344 e. The first kappa shape index (κ1) is 37.2. The van der Waals surface area contributed by atoms with Crippen LogP contribution >= 0.6 is 0 Å². The average Bonchev–Trinajstić information content (AvgIpc) is 3.05. The van der Waals surface area contributed by atoms with Gasteiger partial charge in [0.25, 0.3) is 0 Å². The number of anilines is 2. The van der Waals surface area contributed by atoms with Gasteiger partial charge in [0.2, 0.25) is 10.0 Å². The highest BCUT2D eigenvalue weighted by molar-refractivity contribution is 7.92. The molecule has 0 atom stereocenters. The summed E-state index contributed by atoms with van der Waals surface area (Å²) in [6.07, 6.45) is 6.31. The first-order valence-corrected chi connectivity index (χ1v) is 18.3. The van der Waals surface area contributed by atoms with Crippen molar-refractivity contribution in [2.45, 2.75) is 66.0 Å². The highest BCUT2D eigenvalue weighted by atomic mass is 32.2. The molecule has 4 aromatic rings. The third kappa shape index (κ3) is 11.5. The molecule has 4 rings (SSSR count). The number of benzene rings is 4. The minimum absolute atomic E-state index is 0.104. The minimum Gasteiger partial charge on any atom is -0.481 e. The maximum absolute atomic E-state index is 14.8. The molecule has 1 N–H and O–H groups in total. The van der Waals surface area contributed by atoms with Crippen LogP contribution in [0.1, 0.15) is 61.8 Å². The zero-order valence-electron chi connectivity index (χ0n) is 28.4. The molecule has 262 valence electrons. The van der Waals surface area contributed by atoms with Crippen molar-refractivity contribution < 1.29 is 36.2 Å². The van der Waals surface area contributed by atoms with Crippen LogP contribution in [-0.4, -0.2) is 33.9 Å². The molecule has 0 radical (unpaired) electrons. The van der Waals surface area contributed by atoms with E-state index in [1.165, 1.54) is 12.1 Å². The number of halogens is 2. The molecule has 0 saturated heterocycles. The molecule has 0 aliphatic carbocycles. The molecule has 11 heteroatoms. The van der Waals surface area contributed by atoms with Crippen LogP contribution in [0.15, 0.2) is 78.9 Å². The quantitative estimate of drug-likeness (QED) is 0.0823. The van der Waals surface area contributed by atoms with E-state index in [0.29, 0.717) is 40.7 Å². The number of aryl methyl sites for hydroxylation is 1. The molecule has 0 heterocycles. The molecule has 0 aliphatic heterocycles. The fourth-order valence-electron chi connectivity index (χ4n) is 5.40. The summed E-state index contributed by atoms with van der Waals surface area (Å²) in [5.41, 5.74) is 3.90. The summed E-state index contributed by atoms with van der Waals surface area (Å²) in [6, 6.07) is 21.7. The molecule has 0 spiro atoms. The Bertz CT molecular complexity index is 1820. The van der Waals surface area contributed by atoms with Gasteiger partial charge in [-0.2, -0.15) is 0 Å². The second kappa shape index (κ2) is 17.7. The van der Waals surface area contributed by atoms with Crippen molar-refractivity contribution in [3.63, 3.8) is 0 Å². The van der Waals surface area contributed by atoms with Gasteiger partial charge in [0.05, 0.1) is 18.6 Å². The molecule has 8 nitrogen and oxygen atoms in total. The molecule has 0 unspecified atom stereocenters. The normalized spacial score (nSPS) is 11.2. The monoisotopic (exact) mass is 694 g/mol. The highest BCUT2D eigenvalue weighted by Crippen LogP contribution is 2.33. The average molecular weight is 695 g/mol. The molecular formula is C38H44F2N2O6S. The van der Waals surface area contributed by atoms with Crippen molar-refractivity contribution in [2.24, 2.45) is 0 Å². The third-order valence-electron chi connectivity index (χ3n) is 7.84. The van der Waals surface area contributed by atoms with E-state index in [1.54, 1.807) is 32.0 Å². The molecule has 0 aliphatic rings. The van der Waals surface area contributed by atoms with E-state index < -0.39 is 27.6 Å². The maximum Gasteiger partial charge on any atom is 0.344 e. The van der Waals surface area contributed by atoms with Gasteiger partial charge in [-0.05, 0) is 79.8 Å². The third-order valence-corrected chi connectivity index (χ3v) is 8.43. The standard InChI is InChI=1S/C38H44F2N2O6S/c1-5-7-8-9-11-29-17-21-33(23-37(29)47-26-38(43)46-6-2)48-32-19-14-28(15-20-32)24-42(25-30-16-18-31(39)22-34(30)40)36-13-10-12-35(27(36)3)41-49(4,44)45/h10,12-23,41H,5-9,11,24-26H2,1-4H3. The van der Waals surface area contributed by atoms with E-state index in [1.807, 2.05) is 47.4 Å². The lowest BCUT2D eigenvalue weighted by Crippen LogP contribution is -2.24. The number of carbonyl (C=O) groups is 1. The number of esters is 1. The van der Waals surface area contributed by atoms with Gasteiger partial charge in [-0.1, -0.05) is 56.5 Å². The molecule has 0 amide bonds. The van der Waals surface area contributed by atoms with Gasteiger partial charge in [0, 0.05) is 36.5 Å². The Morgan fingerprint density at radius 1 is 0.857 bits per heavy atom. The fourth-order valence-corrected chi connectivity index (χ4v) is 6.02. The number of hydrogen-bond donors (Lipinski definition) is 1. The Hall–Kier alpha value is -4.64. The lowest BCUT2D eigenvalue weighted by Gasteiger charge is -2.28. The van der Waals surface area contributed by atoms with Gasteiger partial charge < -0.3 is 19.1 Å². The number of unbranched alkanes of at least 4 members (excludes halogenated alkanes) is 3. The van der Waals surface area contributed by atoms with Gasteiger partial charge in [0.15, 0.2) is 6.61 Å². The van der Waals surface area contributed by atoms with Crippen LogP contribution in [-0.2, 0) is 39.1 Å². The van der Waals surface area contributed by atoms with Crippen LogP contribution in [0.2, 0.25) is 0 Å². The molecule has 0 aromatic heterocycles. The van der Waals surface area contributed by atoms with Crippen molar-refractivity contribution in [3.8, 4) is 17.2 Å². The zero-order valence-corrected chi connectivity index (χ0v) is 29.2. The number of carbonyl (C=O) groups excluding carboxylic acids is 1. The van der Waals surface area contributed by atoms with Gasteiger partial charge in [0.1, 0.15) is 28.9 Å². The number of nitrogens with one attached hydrogen (secondary N) is 1. The largest absolute Gasteiger partial charge is 0.481 e. The number of ether oxygens (including phenoxy) is 3. The van der Waals surface area contributed by atoms with Gasteiger partial charge in [-0.3, -0.25) is 4.72 Å². The first-order chi connectivity index (χ1) is 23.5. The van der Waals surface area contributed by atoms with Crippen molar-refractivity contribution in [2.75, 3.05) is 29.1 Å². The van der Waals surface area contributed by atoms with Crippen LogP contribution in [0.5, 0.6) is 17.2 Å². The highest BCUT2D eigenvalue weighted by Gasteiger charge is 2.17. The van der Waals surface area contributed by atoms with Crippen molar-refractivity contribution >= 4 is 27.4 Å². The number of nitrogens with zero attached hydrogens (tertiary/aromatic N) is 1. The van der Waals surface area contributed by atoms with Crippen LogP contribution in [0.25, 0.3) is 0 Å². The first-order valence-electron chi connectivity index (χ1n) is 16.4. The molecule has 49 heavy (non-hydrogen) atoms. The summed E-state index contributed by atoms with van der Waals surface area (Å²) in [5.74, 6) is -0.0883. The Morgan fingerprint density at radius 2 is 1.59 bits per heavy atom. The van der Waals surface area contributed by atoms with Crippen LogP contribution < -0.4 is 19.1 Å². The zero-order chi connectivity index (χ0) is 35.4. The second-order valence-corrected chi connectivity index (χ2v) is 13.6. The van der Waals surface area contributed by atoms with Crippen molar-refractivity contribution in [1.29, 1.82) is 0 Å². The molecule has 0 fully saturated rings. The summed E-state index contributed by atoms with van der Waals surface area (Å²) in [7, 11) is -3.54. The summed E-state index contributed by atoms with van der Waals surface area (Å²) >= 11 is 0. The van der Waals surface area contributed by atoms with Gasteiger partial charge in [-0.25, -0.2) is 22.0 Å². The molecule has 4 aromatic carbocycles. The summed E-state index contributed by atoms with van der Waals surface area (Å²) < 4.78 is 72.0. The predicted molar refractivity (Wildman–Crippen MR) is 189 cm³/mol. The van der Waals surface area contributed by atoms with Crippen LogP contribution in [0.4, 0.5) is 20.2 Å². The van der Waals surface area contributed by atoms with E-state index in [4.69, 9.17) is 14.2 Å². The number of rotatable bonds is 18. The SMILES string of the molecule is CCCCCCc1ccc(Oc2ccc(CN(Cc3ccc(F)cc3F)c3cccc(NS(C)(=O)=O)c3C)cc2)cc1OCC(=O)OCC. The lowest BCUT2D eigenvalue weighted by molar-refractivity contribution is -0.145. The van der Waals surface area contributed by atoms with Gasteiger partial charge in [-0.15, -0.1) is 0 Å². The number of sulfonamides is 1. The second-order valence-electron chi connectivity index (χ2n) is 11.8. The van der Waals surface area contributed by atoms with Crippen LogP contribution in [0, 0.1) is 18.6 Å². The Labute approximate surface area is 288 Å². The fraction of sp³-hybridized carbons (Fsp3) is 0.342. The van der Waals surface area contributed by atoms with E-state index in [9.17, 15) is 22.0 Å². The topological polar surface area (TPSA) is 94.2 Å². The predicted octanol–water partition coefficient (Wildman–Crippen LogP) is 8.71. The van der Waals surface area contributed by atoms with Crippen molar-refractivity contribution in [3.05, 3.63) is 113 Å². The van der Waals surface area contributed by atoms with Crippen LogP contribution in [0.3, 0.4) is 0 Å². The lowest BCUT2D eigenvalue weighted by atomic mass is 10.1. The Balaban J connectivity index is 1.55. The Morgan fingerprint density at radius 3 is 2.29 bits per heavy atom. The summed E-state index contributed by atoms with van der Waals surface area (Å²) in [6.45, 7) is 6.22. The molecular weight excluding hydrogens is 650 g/mol. The van der Waals surface area contributed by atoms with E-state index in [-0.39, 0.29) is 25.3 Å². The van der Waals surface area contributed by atoms with Crippen molar-refractivity contribution in [1.82, 2.24) is 0 Å². The van der Waals surface area contributed by atoms with E-state index in [2.05, 4.69) is 11.6 Å². The van der Waals surface area contributed by atoms with E-state index in [0.717, 1.165) is 55.6 Å². The van der Waals surface area contributed by atoms with E-state index >= 15 is 0 Å². The summed E-state index contributed by atoms with van der Waals surface area (Å²) in [5, 5.41) is 0. The number of hydrogen-bond acceptors (Lipinski definition) is 7. The minimum atomic E-state index is -3.54. The molecule has 0 saturated carbocycles. The molecule has 0 bridgehead atoms. The maximum atomic E-state index is 14.8. The summed E-state index contributed by atoms with van der Waals surface area (Å²) in [4.78, 5) is 13.9. The Kier molecular flexibility index (Phi) is 13.4. The van der Waals surface area contributed by atoms with Gasteiger partial charge >= 0.3 is 5.97 Å².